The molecule has 31 heavy (non-hydrogen) atoms. The van der Waals surface area contributed by atoms with Crippen molar-refractivity contribution in [3.63, 3.8) is 0 Å². The van der Waals surface area contributed by atoms with Gasteiger partial charge in [-0.15, -0.1) is 0 Å². The molecule has 1 aromatic carbocycles. The summed E-state index contributed by atoms with van der Waals surface area (Å²) in [6, 6.07) is 6.72. The van der Waals surface area contributed by atoms with E-state index in [1.165, 1.54) is 34.9 Å². The van der Waals surface area contributed by atoms with Crippen molar-refractivity contribution < 1.29 is 9.53 Å². The molecule has 0 saturated carbocycles. The Morgan fingerprint density at radius 3 is 2.32 bits per heavy atom. The van der Waals surface area contributed by atoms with E-state index < -0.39 is 0 Å². The van der Waals surface area contributed by atoms with Crippen LogP contribution in [-0.2, 0) is 15.6 Å². The molecule has 0 bridgehead atoms. The molecule has 1 aliphatic carbocycles. The van der Waals surface area contributed by atoms with Gasteiger partial charge in [0.1, 0.15) is 4.32 Å². The molecular weight excluding hydrogens is 424 g/mol. The largest absolute Gasteiger partial charge is 0.481 e. The highest BCUT2D eigenvalue weighted by Crippen LogP contribution is 2.48. The van der Waals surface area contributed by atoms with E-state index in [0.717, 1.165) is 23.1 Å². The molecule has 4 rings (SSSR count). The molecule has 162 valence electrons. The van der Waals surface area contributed by atoms with Crippen molar-refractivity contribution in [2.75, 3.05) is 7.11 Å². The Labute approximate surface area is 193 Å². The zero-order chi connectivity index (χ0) is 22.6. The summed E-state index contributed by atoms with van der Waals surface area (Å²) in [6.07, 6.45) is 5.89. The van der Waals surface area contributed by atoms with E-state index in [-0.39, 0.29) is 16.7 Å². The number of hydrogen-bond acceptors (Lipinski definition) is 5. The zero-order valence-corrected chi connectivity index (χ0v) is 20.5. The van der Waals surface area contributed by atoms with E-state index >= 15 is 0 Å². The maximum absolute atomic E-state index is 12.1. The lowest BCUT2D eigenvalue weighted by molar-refractivity contribution is -0.115. The van der Waals surface area contributed by atoms with Crippen molar-refractivity contribution >= 4 is 40.3 Å². The fraction of sp³-hybridized carbons (Fsp3) is 0.400. The van der Waals surface area contributed by atoms with E-state index in [9.17, 15) is 4.79 Å². The molecule has 2 heterocycles. The highest BCUT2D eigenvalue weighted by molar-refractivity contribution is 8.26. The average molecular weight is 453 g/mol. The molecule has 6 heteroatoms. The number of carbonyl (C=O) groups excluding carboxylic acids is 1. The van der Waals surface area contributed by atoms with Crippen LogP contribution in [0.5, 0.6) is 5.88 Å². The molecule has 1 saturated heterocycles. The van der Waals surface area contributed by atoms with E-state index in [1.807, 2.05) is 12.1 Å². The van der Waals surface area contributed by atoms with Crippen molar-refractivity contribution in [3.05, 3.63) is 51.6 Å². The van der Waals surface area contributed by atoms with Gasteiger partial charge in [0.2, 0.25) is 5.88 Å². The number of thiocarbonyl (C=S) groups is 1. The minimum absolute atomic E-state index is 0.113. The number of benzene rings is 1. The van der Waals surface area contributed by atoms with Gasteiger partial charge in [-0.1, -0.05) is 57.7 Å². The number of thioether (sulfide) groups is 1. The molecule has 1 N–H and O–H groups in total. The third-order valence-corrected chi connectivity index (χ3v) is 7.66. The van der Waals surface area contributed by atoms with Gasteiger partial charge in [-0.2, -0.15) is 0 Å². The Balaban J connectivity index is 1.87. The maximum atomic E-state index is 12.1. The topological polar surface area (TPSA) is 51.2 Å². The van der Waals surface area contributed by atoms with Crippen molar-refractivity contribution in [2.24, 2.45) is 0 Å². The predicted molar refractivity (Wildman–Crippen MR) is 133 cm³/mol. The fourth-order valence-electron chi connectivity index (χ4n) is 4.49. The second kappa shape index (κ2) is 7.75. The van der Waals surface area contributed by atoms with E-state index in [2.05, 4.69) is 57.1 Å². The Bertz CT molecular complexity index is 1130. The van der Waals surface area contributed by atoms with Gasteiger partial charge in [0.05, 0.1) is 12.0 Å². The monoisotopic (exact) mass is 452 g/mol. The molecule has 0 unspecified atom stereocenters. The van der Waals surface area contributed by atoms with Crippen LogP contribution < -0.4 is 10.1 Å². The Morgan fingerprint density at radius 1 is 1.10 bits per heavy atom. The molecule has 4 nitrogen and oxygen atoms in total. The van der Waals surface area contributed by atoms with Crippen molar-refractivity contribution in [3.8, 4) is 17.0 Å². The molecule has 1 amide bonds. The van der Waals surface area contributed by atoms with Crippen LogP contribution in [0.2, 0.25) is 0 Å². The van der Waals surface area contributed by atoms with Crippen LogP contribution in [0.25, 0.3) is 17.2 Å². The summed E-state index contributed by atoms with van der Waals surface area (Å²) in [6.45, 7) is 11.5. The molecule has 1 aliphatic heterocycles. The van der Waals surface area contributed by atoms with Gasteiger partial charge >= 0.3 is 0 Å². The number of rotatable bonds is 3. The van der Waals surface area contributed by atoms with Gasteiger partial charge in [-0.3, -0.25) is 4.79 Å². The van der Waals surface area contributed by atoms with Crippen molar-refractivity contribution in [1.29, 1.82) is 0 Å². The quantitative estimate of drug-likeness (QED) is 0.464. The number of nitrogens with one attached hydrogen (secondary N) is 1. The lowest BCUT2D eigenvalue weighted by Crippen LogP contribution is -2.34. The number of ether oxygens (including phenoxy) is 1. The lowest BCUT2D eigenvalue weighted by atomic mass is 9.62. The average Bonchev–Trinajstić information content (AvgIpc) is 3.02. The summed E-state index contributed by atoms with van der Waals surface area (Å²) in [5, 5.41) is 2.66. The summed E-state index contributed by atoms with van der Waals surface area (Å²) in [7, 11) is 1.64. The number of fused-ring (bicyclic) bond motifs is 1. The van der Waals surface area contributed by atoms with Crippen LogP contribution in [0.1, 0.15) is 62.8 Å². The predicted octanol–water partition coefficient (Wildman–Crippen LogP) is 5.90. The lowest BCUT2D eigenvalue weighted by Gasteiger charge is -2.42. The molecule has 2 aliphatic rings. The van der Waals surface area contributed by atoms with Crippen molar-refractivity contribution in [1.82, 2.24) is 10.3 Å². The first-order chi connectivity index (χ1) is 14.5. The number of carbonyl (C=O) groups is 1. The van der Waals surface area contributed by atoms with Gasteiger partial charge < -0.3 is 10.1 Å². The van der Waals surface area contributed by atoms with Crippen LogP contribution in [0.15, 0.2) is 29.3 Å². The third kappa shape index (κ3) is 4.03. The molecule has 0 radical (unpaired) electrons. The molecule has 0 atom stereocenters. The number of nitrogens with zero attached hydrogens (tertiary/aromatic N) is 1. The summed E-state index contributed by atoms with van der Waals surface area (Å²) in [5.74, 6) is 0.415. The first-order valence-corrected chi connectivity index (χ1v) is 11.7. The van der Waals surface area contributed by atoms with Crippen molar-refractivity contribution in [2.45, 2.75) is 58.3 Å². The normalized spacial score (nSPS) is 20.5. The van der Waals surface area contributed by atoms with Crippen LogP contribution in [0, 0.1) is 6.92 Å². The summed E-state index contributed by atoms with van der Waals surface area (Å²) < 4.78 is 6.10. The standard InChI is InChI=1S/C25H28N2O2S2/c1-14-9-18-19(25(4,5)8-7-24(18,2)3)12-16(14)17-10-15(13-26-22(17)29-6)11-20-21(28)27-23(30)31-20/h9-13H,7-8H2,1-6H3,(H,27,28,30). The molecule has 1 aromatic heterocycles. The maximum Gasteiger partial charge on any atom is 0.263 e. The van der Waals surface area contributed by atoms with Gasteiger partial charge in [0, 0.05) is 11.8 Å². The first kappa shape index (κ1) is 22.0. The SMILES string of the molecule is COc1ncc(C=C2SC(=S)NC2=O)cc1-c1cc2c(cc1C)C(C)(C)CCC2(C)C. The highest BCUT2D eigenvalue weighted by Gasteiger charge is 2.37. The Morgan fingerprint density at radius 2 is 1.74 bits per heavy atom. The fourth-order valence-corrected chi connectivity index (χ4v) is 5.53. The third-order valence-electron chi connectivity index (χ3n) is 6.49. The highest BCUT2D eigenvalue weighted by atomic mass is 32.2. The zero-order valence-electron chi connectivity index (χ0n) is 18.9. The second-order valence-electron chi connectivity index (χ2n) is 9.66. The number of methoxy groups -OCH3 is 1. The van der Waals surface area contributed by atoms with Gasteiger partial charge in [-0.05, 0) is 76.6 Å². The van der Waals surface area contributed by atoms with Crippen LogP contribution in [0.4, 0.5) is 0 Å². The number of aromatic nitrogens is 1. The van der Waals surface area contributed by atoms with E-state index in [4.69, 9.17) is 17.0 Å². The number of aryl methyl sites for hydroxylation is 1. The van der Waals surface area contributed by atoms with Gasteiger partial charge in [0.15, 0.2) is 0 Å². The van der Waals surface area contributed by atoms with Crippen LogP contribution in [0.3, 0.4) is 0 Å². The van der Waals surface area contributed by atoms with Gasteiger partial charge in [0.25, 0.3) is 5.91 Å². The Hall–Kier alpha value is -2.18. The first-order valence-electron chi connectivity index (χ1n) is 10.5. The second-order valence-corrected chi connectivity index (χ2v) is 11.4. The molecule has 2 aromatic rings. The molecule has 0 spiro atoms. The summed E-state index contributed by atoms with van der Waals surface area (Å²) in [5.41, 5.74) is 7.19. The van der Waals surface area contributed by atoms with Crippen LogP contribution in [-0.4, -0.2) is 22.3 Å². The van der Waals surface area contributed by atoms with Crippen LogP contribution >= 0.6 is 24.0 Å². The van der Waals surface area contributed by atoms with Gasteiger partial charge in [-0.25, -0.2) is 4.98 Å². The summed E-state index contributed by atoms with van der Waals surface area (Å²) >= 11 is 6.37. The number of hydrogen-bond donors (Lipinski definition) is 1. The minimum atomic E-state index is -0.165. The molecule has 1 fully saturated rings. The number of amides is 1. The van der Waals surface area contributed by atoms with E-state index in [1.54, 1.807) is 13.3 Å². The smallest absolute Gasteiger partial charge is 0.263 e. The number of pyridine rings is 1. The molecular formula is C25H28N2O2S2. The summed E-state index contributed by atoms with van der Waals surface area (Å²) in [4.78, 5) is 17.2. The van der Waals surface area contributed by atoms with E-state index in [0.29, 0.717) is 15.1 Å². The minimum Gasteiger partial charge on any atom is -0.481 e. The Kier molecular flexibility index (Phi) is 5.51.